The van der Waals surface area contributed by atoms with Gasteiger partial charge < -0.3 is 15.4 Å². The Morgan fingerprint density at radius 2 is 2.38 bits per heavy atom. The average molecular weight is 292 g/mol. The Balaban J connectivity index is 1.82. The molecule has 1 unspecified atom stereocenters. The van der Waals surface area contributed by atoms with Crippen molar-refractivity contribution in [1.82, 2.24) is 10.6 Å². The number of hydrogen-bond acceptors (Lipinski definition) is 4. The third-order valence-electron chi connectivity index (χ3n) is 3.33. The first kappa shape index (κ1) is 15.2. The van der Waals surface area contributed by atoms with Crippen LogP contribution in [-0.2, 0) is 11.3 Å². The lowest BCUT2D eigenvalue weighted by Gasteiger charge is -2.15. The lowest BCUT2D eigenvalue weighted by molar-refractivity contribution is -0.384. The average Bonchev–Trinajstić information content (AvgIpc) is 3.01. The highest BCUT2D eigenvalue weighted by Gasteiger charge is 2.15. The molecule has 1 aromatic carbocycles. The van der Waals surface area contributed by atoms with Gasteiger partial charge in [-0.05, 0) is 18.4 Å². The van der Waals surface area contributed by atoms with Gasteiger partial charge in [-0.1, -0.05) is 12.1 Å². The van der Waals surface area contributed by atoms with Crippen LogP contribution >= 0.6 is 0 Å². The number of hydrogen-bond donors (Lipinski definition) is 2. The molecular formula is C14H20N4O3. The minimum Gasteiger partial charge on any atom is -0.376 e. The SMILES string of the molecule is CN=C(NCc1cccc([N+](=O)[O-])c1)NCC1CCCO1. The van der Waals surface area contributed by atoms with Gasteiger partial charge in [0.25, 0.3) is 5.69 Å². The van der Waals surface area contributed by atoms with Gasteiger partial charge in [0.2, 0.25) is 0 Å². The molecule has 1 aromatic rings. The van der Waals surface area contributed by atoms with Crippen molar-refractivity contribution in [3.05, 3.63) is 39.9 Å². The molecule has 1 fully saturated rings. The van der Waals surface area contributed by atoms with E-state index in [-0.39, 0.29) is 11.8 Å². The van der Waals surface area contributed by atoms with E-state index >= 15 is 0 Å². The smallest absolute Gasteiger partial charge is 0.269 e. The first-order valence-electron chi connectivity index (χ1n) is 6.98. The number of nitro benzene ring substituents is 1. The number of rotatable bonds is 5. The maximum Gasteiger partial charge on any atom is 0.269 e. The molecule has 0 radical (unpaired) electrons. The van der Waals surface area contributed by atoms with Crippen molar-refractivity contribution in [1.29, 1.82) is 0 Å². The molecule has 0 amide bonds. The van der Waals surface area contributed by atoms with Crippen molar-refractivity contribution in [3.63, 3.8) is 0 Å². The van der Waals surface area contributed by atoms with Crippen LogP contribution in [0.2, 0.25) is 0 Å². The van der Waals surface area contributed by atoms with E-state index in [0.29, 0.717) is 19.0 Å². The first-order valence-corrected chi connectivity index (χ1v) is 6.98. The number of guanidine groups is 1. The van der Waals surface area contributed by atoms with Gasteiger partial charge in [0.05, 0.1) is 11.0 Å². The van der Waals surface area contributed by atoms with Crippen LogP contribution in [0.3, 0.4) is 0 Å². The van der Waals surface area contributed by atoms with Gasteiger partial charge in [-0.15, -0.1) is 0 Å². The topological polar surface area (TPSA) is 88.8 Å². The summed E-state index contributed by atoms with van der Waals surface area (Å²) in [5, 5.41) is 17.1. The van der Waals surface area contributed by atoms with Crippen LogP contribution in [0.25, 0.3) is 0 Å². The zero-order valence-electron chi connectivity index (χ0n) is 12.0. The van der Waals surface area contributed by atoms with Crippen LogP contribution in [0.4, 0.5) is 5.69 Å². The van der Waals surface area contributed by atoms with Crippen molar-refractivity contribution in [2.45, 2.75) is 25.5 Å². The molecule has 1 atom stereocenters. The fraction of sp³-hybridized carbons (Fsp3) is 0.500. The zero-order chi connectivity index (χ0) is 15.1. The molecule has 1 heterocycles. The van der Waals surface area contributed by atoms with Gasteiger partial charge in [0, 0.05) is 38.9 Å². The molecule has 2 N–H and O–H groups in total. The molecule has 114 valence electrons. The van der Waals surface area contributed by atoms with Crippen molar-refractivity contribution in [3.8, 4) is 0 Å². The summed E-state index contributed by atoms with van der Waals surface area (Å²) in [6.07, 6.45) is 2.40. The quantitative estimate of drug-likeness (QED) is 0.371. The Morgan fingerprint density at radius 3 is 3.05 bits per heavy atom. The van der Waals surface area contributed by atoms with Crippen LogP contribution < -0.4 is 10.6 Å². The second kappa shape index (κ2) is 7.58. The van der Waals surface area contributed by atoms with Crippen molar-refractivity contribution in [2.75, 3.05) is 20.2 Å². The van der Waals surface area contributed by atoms with Gasteiger partial charge in [-0.2, -0.15) is 0 Å². The summed E-state index contributed by atoms with van der Waals surface area (Å²) in [5.41, 5.74) is 0.931. The molecule has 0 aromatic heterocycles. The maximum atomic E-state index is 10.7. The van der Waals surface area contributed by atoms with Crippen LogP contribution in [0.15, 0.2) is 29.3 Å². The lowest BCUT2D eigenvalue weighted by atomic mass is 10.2. The summed E-state index contributed by atoms with van der Waals surface area (Å²) in [5.74, 6) is 0.664. The fourth-order valence-electron chi connectivity index (χ4n) is 2.20. The lowest BCUT2D eigenvalue weighted by Crippen LogP contribution is -2.40. The van der Waals surface area contributed by atoms with Crippen molar-refractivity contribution in [2.24, 2.45) is 4.99 Å². The molecule has 1 aliphatic rings. The molecule has 0 saturated carbocycles. The number of nitrogens with one attached hydrogen (secondary N) is 2. The molecule has 21 heavy (non-hydrogen) atoms. The highest BCUT2D eigenvalue weighted by atomic mass is 16.6. The fourth-order valence-corrected chi connectivity index (χ4v) is 2.20. The van der Waals surface area contributed by atoms with Crippen LogP contribution in [0.5, 0.6) is 0 Å². The first-order chi connectivity index (χ1) is 10.2. The summed E-state index contributed by atoms with van der Waals surface area (Å²) in [7, 11) is 1.69. The second-order valence-corrected chi connectivity index (χ2v) is 4.87. The van der Waals surface area contributed by atoms with Gasteiger partial charge in [0.1, 0.15) is 0 Å². The predicted octanol–water partition coefficient (Wildman–Crippen LogP) is 1.44. The summed E-state index contributed by atoms with van der Waals surface area (Å²) in [6.45, 7) is 2.02. The molecular weight excluding hydrogens is 272 g/mol. The molecule has 0 spiro atoms. The number of ether oxygens (including phenoxy) is 1. The summed E-state index contributed by atoms with van der Waals surface area (Å²) < 4.78 is 5.53. The predicted molar refractivity (Wildman–Crippen MR) is 80.3 cm³/mol. The van der Waals surface area contributed by atoms with Gasteiger partial charge >= 0.3 is 0 Å². The minimum atomic E-state index is -0.395. The van der Waals surface area contributed by atoms with Crippen LogP contribution in [0.1, 0.15) is 18.4 Å². The van der Waals surface area contributed by atoms with Gasteiger partial charge in [0.15, 0.2) is 5.96 Å². The molecule has 0 aliphatic carbocycles. The van der Waals surface area contributed by atoms with E-state index in [1.165, 1.54) is 6.07 Å². The molecule has 7 nitrogen and oxygen atoms in total. The number of benzene rings is 1. The summed E-state index contributed by atoms with van der Waals surface area (Å²) >= 11 is 0. The number of aliphatic imine (C=N–C) groups is 1. The maximum absolute atomic E-state index is 10.7. The normalized spacial score (nSPS) is 18.5. The summed E-state index contributed by atoms with van der Waals surface area (Å²) in [4.78, 5) is 14.5. The van der Waals surface area contributed by atoms with E-state index in [9.17, 15) is 10.1 Å². The Hall–Kier alpha value is -2.15. The number of nitrogens with zero attached hydrogens (tertiary/aromatic N) is 2. The third-order valence-corrected chi connectivity index (χ3v) is 3.33. The standard InChI is InChI=1S/C14H20N4O3/c1-15-14(17-10-13-6-3-7-21-13)16-9-11-4-2-5-12(8-11)18(19)20/h2,4-5,8,13H,3,6-7,9-10H2,1H3,(H2,15,16,17). The van der Waals surface area contributed by atoms with E-state index in [1.54, 1.807) is 19.2 Å². The Morgan fingerprint density at radius 1 is 1.52 bits per heavy atom. The Kier molecular flexibility index (Phi) is 5.51. The highest BCUT2D eigenvalue weighted by Crippen LogP contribution is 2.13. The number of non-ortho nitro benzene ring substituents is 1. The largest absolute Gasteiger partial charge is 0.376 e. The third kappa shape index (κ3) is 4.71. The van der Waals surface area contributed by atoms with E-state index < -0.39 is 4.92 Å². The summed E-state index contributed by atoms with van der Waals surface area (Å²) in [6, 6.07) is 6.55. The monoisotopic (exact) mass is 292 g/mol. The van der Waals surface area contributed by atoms with E-state index in [1.807, 2.05) is 6.07 Å². The molecule has 1 saturated heterocycles. The van der Waals surface area contributed by atoms with Crippen molar-refractivity contribution < 1.29 is 9.66 Å². The van der Waals surface area contributed by atoms with Crippen molar-refractivity contribution >= 4 is 11.6 Å². The number of nitro groups is 1. The molecule has 7 heteroatoms. The van der Waals surface area contributed by atoms with E-state index in [4.69, 9.17) is 4.74 Å². The van der Waals surface area contributed by atoms with Crippen LogP contribution in [0, 0.1) is 10.1 Å². The van der Waals surface area contributed by atoms with E-state index in [0.717, 1.165) is 25.0 Å². The Labute approximate surface area is 123 Å². The molecule has 0 bridgehead atoms. The minimum absolute atomic E-state index is 0.0941. The molecule has 2 rings (SSSR count). The molecule has 1 aliphatic heterocycles. The second-order valence-electron chi connectivity index (χ2n) is 4.87. The van der Waals surface area contributed by atoms with E-state index in [2.05, 4.69) is 15.6 Å². The van der Waals surface area contributed by atoms with Gasteiger partial charge in [-0.25, -0.2) is 0 Å². The van der Waals surface area contributed by atoms with Crippen LogP contribution in [-0.4, -0.2) is 37.2 Å². The highest BCUT2D eigenvalue weighted by molar-refractivity contribution is 5.79. The zero-order valence-corrected chi connectivity index (χ0v) is 12.0. The van der Waals surface area contributed by atoms with Gasteiger partial charge in [-0.3, -0.25) is 15.1 Å². The Bertz CT molecular complexity index is 513.